The molecule has 0 aliphatic rings. The van der Waals surface area contributed by atoms with Gasteiger partial charge in [-0.3, -0.25) is 0 Å². The van der Waals surface area contributed by atoms with Gasteiger partial charge in [-0.05, 0) is 12.8 Å². The normalized spacial score (nSPS) is 10.8. The van der Waals surface area contributed by atoms with E-state index in [0.29, 0.717) is 6.79 Å². The second kappa shape index (κ2) is 19.6. The molecule has 0 aliphatic heterocycles. The zero-order valence-electron chi connectivity index (χ0n) is 12.5. The predicted molar refractivity (Wildman–Crippen MR) is 73.9 cm³/mol. The maximum atomic E-state index is 5.39. The molecular weight excluding hydrogens is 219 g/mol. The predicted octanol–water partition coefficient (Wildman–Crippen LogP) is 1.51. The third-order valence-corrected chi connectivity index (χ3v) is 2.57. The summed E-state index contributed by atoms with van der Waals surface area (Å²) in [6.07, 6.45) is 13.8. The van der Waals surface area contributed by atoms with Crippen molar-refractivity contribution in [2.75, 3.05) is 20.0 Å². The molecule has 0 aromatic rings. The summed E-state index contributed by atoms with van der Waals surface area (Å²) in [5, 5.41) is 0. The molecule has 3 heteroatoms. The van der Waals surface area contributed by atoms with Crippen LogP contribution in [0.1, 0.15) is 58.3 Å². The van der Waals surface area contributed by atoms with E-state index in [-0.39, 0.29) is 18.9 Å². The van der Waals surface area contributed by atoms with Crippen LogP contribution >= 0.6 is 0 Å². The summed E-state index contributed by atoms with van der Waals surface area (Å²) in [6, 6.07) is 0. The maximum absolute atomic E-state index is 5.39. The van der Waals surface area contributed by atoms with E-state index in [2.05, 4.69) is 26.0 Å². The largest absolute Gasteiger partial charge is 1.00 e. The van der Waals surface area contributed by atoms with Gasteiger partial charge in [-0.25, -0.2) is 0 Å². The molecule has 0 N–H and O–H groups in total. The molecule has 0 aromatic heterocycles. The van der Waals surface area contributed by atoms with Crippen LogP contribution in [0.5, 0.6) is 0 Å². The van der Waals surface area contributed by atoms with Gasteiger partial charge in [-0.1, -0.05) is 45.1 Å². The van der Waals surface area contributed by atoms with Crippen molar-refractivity contribution in [2.45, 2.75) is 58.3 Å². The summed E-state index contributed by atoms with van der Waals surface area (Å²) >= 11 is 0. The summed E-state index contributed by atoms with van der Waals surface area (Å²) < 4.78 is 10.7. The summed E-state index contributed by atoms with van der Waals surface area (Å²) in [5.74, 6) is 0. The second-order valence-corrected chi connectivity index (χ2v) is 4.25. The first-order valence-electron chi connectivity index (χ1n) is 7.01. The molecule has 0 aliphatic carbocycles. The van der Waals surface area contributed by atoms with Gasteiger partial charge in [0.1, 0.15) is 6.79 Å². The first-order chi connectivity index (χ1) is 8.41. The van der Waals surface area contributed by atoms with Crippen LogP contribution in [-0.4, -0.2) is 20.0 Å². The molecule has 0 saturated heterocycles. The van der Waals surface area contributed by atoms with Crippen LogP contribution in [0.2, 0.25) is 0 Å². The number of allylic oxidation sites excluding steroid dienone is 1. The summed E-state index contributed by atoms with van der Waals surface area (Å²) in [6.45, 7) is 7.99. The van der Waals surface area contributed by atoms with Crippen LogP contribution in [0.15, 0.2) is 12.2 Å². The minimum atomic E-state index is 0. The third kappa shape index (κ3) is 18.6. The molecule has 102 valence electrons. The Labute approximate surface area is 126 Å². The van der Waals surface area contributed by atoms with Crippen LogP contribution in [0.3, 0.4) is 0 Å². The van der Waals surface area contributed by atoms with Crippen LogP contribution in [0, 0.1) is 6.92 Å². The minimum absolute atomic E-state index is 0. The van der Waals surface area contributed by atoms with E-state index in [0.717, 1.165) is 32.5 Å². The van der Waals surface area contributed by atoms with Gasteiger partial charge in [-0.2, -0.15) is 6.42 Å². The van der Waals surface area contributed by atoms with Gasteiger partial charge >= 0.3 is 18.9 Å². The fourth-order valence-corrected chi connectivity index (χ4v) is 1.55. The number of hydrogen-bond acceptors (Lipinski definition) is 2. The van der Waals surface area contributed by atoms with E-state index in [1.165, 1.54) is 32.1 Å². The number of hydrogen-bond donors (Lipinski definition) is 0. The zero-order valence-corrected chi connectivity index (χ0v) is 12.5. The van der Waals surface area contributed by atoms with Crippen molar-refractivity contribution in [1.82, 2.24) is 0 Å². The third-order valence-electron chi connectivity index (χ3n) is 2.57. The Bertz CT molecular complexity index is 161. The molecule has 0 fully saturated rings. The average Bonchev–Trinajstić information content (AvgIpc) is 2.35. The smallest absolute Gasteiger partial charge is 0.355 e. The molecule has 0 spiro atoms. The van der Waals surface area contributed by atoms with Crippen molar-refractivity contribution in [2.24, 2.45) is 0 Å². The standard InChI is InChI=1S/C15H29O2.Li/c1-3-5-7-9-10-12-14-17-15-16-13-11-8-6-4-2;/h6,8H,2-5,7,9-15H2,1H3;/q-1;+1/b8-6+;. The number of rotatable bonds is 13. The first-order valence-corrected chi connectivity index (χ1v) is 7.01. The minimum Gasteiger partial charge on any atom is -0.355 e. The summed E-state index contributed by atoms with van der Waals surface area (Å²) in [5.41, 5.74) is 0. The Kier molecular flexibility index (Phi) is 22.4. The van der Waals surface area contributed by atoms with E-state index in [1.807, 2.05) is 0 Å². The van der Waals surface area contributed by atoms with Gasteiger partial charge in [0.25, 0.3) is 0 Å². The fourth-order valence-electron chi connectivity index (χ4n) is 1.55. The zero-order chi connectivity index (χ0) is 12.6. The quantitative estimate of drug-likeness (QED) is 0.162. The SMILES string of the molecule is [CH2-]C/C=C/CCOCOCCCCCCCC.[Li+]. The molecule has 0 radical (unpaired) electrons. The first kappa shape index (κ1) is 20.6. The monoisotopic (exact) mass is 248 g/mol. The Hall–Kier alpha value is 0.257. The van der Waals surface area contributed by atoms with Crippen LogP contribution in [0.4, 0.5) is 0 Å². The topological polar surface area (TPSA) is 18.5 Å². The molecule has 18 heavy (non-hydrogen) atoms. The second-order valence-electron chi connectivity index (χ2n) is 4.25. The molecule has 0 amide bonds. The Morgan fingerprint density at radius 3 is 2.28 bits per heavy atom. The Morgan fingerprint density at radius 2 is 1.56 bits per heavy atom. The Balaban J connectivity index is 0. The van der Waals surface area contributed by atoms with Crippen molar-refractivity contribution < 1.29 is 28.3 Å². The number of unbranched alkanes of at least 4 members (excludes halogenated alkanes) is 5. The molecule has 0 atom stereocenters. The van der Waals surface area contributed by atoms with E-state index < -0.39 is 0 Å². The molecular formula is C15H29LiO2. The van der Waals surface area contributed by atoms with Crippen molar-refractivity contribution >= 4 is 0 Å². The maximum Gasteiger partial charge on any atom is 1.00 e. The molecule has 0 rings (SSSR count). The molecule has 0 aromatic carbocycles. The summed E-state index contributed by atoms with van der Waals surface area (Å²) in [4.78, 5) is 0. The van der Waals surface area contributed by atoms with Crippen molar-refractivity contribution in [1.29, 1.82) is 0 Å². The van der Waals surface area contributed by atoms with Gasteiger partial charge in [0, 0.05) is 6.61 Å². The van der Waals surface area contributed by atoms with Gasteiger partial charge in [0.2, 0.25) is 0 Å². The van der Waals surface area contributed by atoms with E-state index in [1.54, 1.807) is 0 Å². The summed E-state index contributed by atoms with van der Waals surface area (Å²) in [7, 11) is 0. The van der Waals surface area contributed by atoms with Crippen molar-refractivity contribution in [3.05, 3.63) is 19.1 Å². The average molecular weight is 248 g/mol. The molecule has 0 bridgehead atoms. The van der Waals surface area contributed by atoms with Crippen LogP contribution in [0.25, 0.3) is 0 Å². The van der Waals surface area contributed by atoms with Crippen LogP contribution in [-0.2, 0) is 9.47 Å². The number of ether oxygens (including phenoxy) is 2. The van der Waals surface area contributed by atoms with Gasteiger partial charge in [0.15, 0.2) is 0 Å². The van der Waals surface area contributed by atoms with E-state index in [4.69, 9.17) is 9.47 Å². The van der Waals surface area contributed by atoms with Gasteiger partial charge in [-0.15, -0.1) is 6.08 Å². The van der Waals surface area contributed by atoms with E-state index >= 15 is 0 Å². The van der Waals surface area contributed by atoms with Crippen LogP contribution < -0.4 is 18.9 Å². The molecule has 0 heterocycles. The Morgan fingerprint density at radius 1 is 0.889 bits per heavy atom. The molecule has 2 nitrogen and oxygen atoms in total. The molecule has 0 unspecified atom stereocenters. The fraction of sp³-hybridized carbons (Fsp3) is 0.800. The molecule has 0 saturated carbocycles. The van der Waals surface area contributed by atoms with Crippen molar-refractivity contribution in [3.63, 3.8) is 0 Å². The van der Waals surface area contributed by atoms with Gasteiger partial charge < -0.3 is 16.4 Å². The van der Waals surface area contributed by atoms with Crippen molar-refractivity contribution in [3.8, 4) is 0 Å². The van der Waals surface area contributed by atoms with Gasteiger partial charge in [0.05, 0.1) is 6.61 Å². The van der Waals surface area contributed by atoms with E-state index in [9.17, 15) is 0 Å².